The Balaban J connectivity index is 2.71. The molecular weight excluding hydrogens is 244 g/mol. The van der Waals surface area contributed by atoms with Gasteiger partial charge in [-0.05, 0) is 43.5 Å². The van der Waals surface area contributed by atoms with Crippen molar-refractivity contribution in [2.24, 2.45) is 0 Å². The molecule has 0 aliphatic rings. The summed E-state index contributed by atoms with van der Waals surface area (Å²) < 4.78 is 25.6. The Kier molecular flexibility index (Phi) is 5.86. The first kappa shape index (κ1) is 14.4. The summed E-state index contributed by atoms with van der Waals surface area (Å²) in [6.07, 6.45) is -1.28. The van der Waals surface area contributed by atoms with E-state index >= 15 is 0 Å². The normalized spacial score (nSPS) is 13.1. The lowest BCUT2D eigenvalue weighted by atomic mass is 10.0. The molecule has 0 saturated heterocycles. The lowest BCUT2D eigenvalue weighted by Crippen LogP contribution is -2.38. The standard InChI is InChI=1S/C13H18ClF2N/c1-3-6-17-12(13(15)16)8-10-5-4-9(2)7-11(10)14/h4-5,7,12-13,17H,3,6,8H2,1-2H3. The number of hydrogen-bond acceptors (Lipinski definition) is 1. The van der Waals surface area contributed by atoms with Crippen LogP contribution in [0.2, 0.25) is 5.02 Å². The zero-order valence-electron chi connectivity index (χ0n) is 10.1. The first-order chi connectivity index (χ1) is 8.04. The van der Waals surface area contributed by atoms with Gasteiger partial charge in [0.2, 0.25) is 0 Å². The van der Waals surface area contributed by atoms with Crippen LogP contribution in [0, 0.1) is 6.92 Å². The van der Waals surface area contributed by atoms with E-state index in [4.69, 9.17) is 11.6 Å². The predicted molar refractivity (Wildman–Crippen MR) is 68.0 cm³/mol. The first-order valence-electron chi connectivity index (χ1n) is 5.81. The van der Waals surface area contributed by atoms with Crippen molar-refractivity contribution in [1.29, 1.82) is 0 Å². The minimum atomic E-state index is -2.38. The first-order valence-corrected chi connectivity index (χ1v) is 6.19. The molecule has 0 saturated carbocycles. The fraction of sp³-hybridized carbons (Fsp3) is 0.538. The molecule has 0 radical (unpaired) electrons. The summed E-state index contributed by atoms with van der Waals surface area (Å²) >= 11 is 6.04. The van der Waals surface area contributed by atoms with Crippen LogP contribution in [0.4, 0.5) is 8.78 Å². The third kappa shape index (κ3) is 4.60. The second-order valence-electron chi connectivity index (χ2n) is 4.19. The van der Waals surface area contributed by atoms with Gasteiger partial charge in [0.05, 0.1) is 6.04 Å². The number of benzene rings is 1. The van der Waals surface area contributed by atoms with Crippen LogP contribution < -0.4 is 5.32 Å². The van der Waals surface area contributed by atoms with Gasteiger partial charge in [0.1, 0.15) is 0 Å². The van der Waals surface area contributed by atoms with E-state index in [2.05, 4.69) is 5.32 Å². The predicted octanol–water partition coefficient (Wildman–Crippen LogP) is 3.82. The van der Waals surface area contributed by atoms with Gasteiger partial charge in [-0.3, -0.25) is 0 Å². The monoisotopic (exact) mass is 261 g/mol. The highest BCUT2D eigenvalue weighted by Gasteiger charge is 2.20. The Morgan fingerprint density at radius 1 is 1.35 bits per heavy atom. The number of halogens is 3. The van der Waals surface area contributed by atoms with Gasteiger partial charge in [0, 0.05) is 5.02 Å². The van der Waals surface area contributed by atoms with E-state index in [0.29, 0.717) is 11.6 Å². The van der Waals surface area contributed by atoms with E-state index in [-0.39, 0.29) is 6.42 Å². The molecule has 0 aliphatic carbocycles. The maximum absolute atomic E-state index is 12.8. The molecular formula is C13H18ClF2N. The lowest BCUT2D eigenvalue weighted by molar-refractivity contribution is 0.0983. The van der Waals surface area contributed by atoms with Gasteiger partial charge in [-0.25, -0.2) is 8.78 Å². The maximum Gasteiger partial charge on any atom is 0.254 e. The van der Waals surface area contributed by atoms with Gasteiger partial charge in [-0.1, -0.05) is 30.7 Å². The molecule has 1 aromatic carbocycles. The molecule has 0 spiro atoms. The van der Waals surface area contributed by atoms with Crippen LogP contribution in [-0.4, -0.2) is 19.0 Å². The summed E-state index contributed by atoms with van der Waals surface area (Å²) in [5.41, 5.74) is 1.81. The van der Waals surface area contributed by atoms with Gasteiger partial charge < -0.3 is 5.32 Å². The third-order valence-corrected chi connectivity index (χ3v) is 2.96. The molecule has 0 aromatic heterocycles. The highest BCUT2D eigenvalue weighted by atomic mass is 35.5. The second-order valence-corrected chi connectivity index (χ2v) is 4.60. The average molecular weight is 262 g/mol. The third-order valence-electron chi connectivity index (χ3n) is 2.61. The van der Waals surface area contributed by atoms with Crippen LogP contribution in [0.1, 0.15) is 24.5 Å². The van der Waals surface area contributed by atoms with Crippen LogP contribution in [0.3, 0.4) is 0 Å². The Hall–Kier alpha value is -0.670. The van der Waals surface area contributed by atoms with E-state index in [1.54, 1.807) is 6.07 Å². The van der Waals surface area contributed by atoms with Crippen molar-refractivity contribution in [2.45, 2.75) is 39.2 Å². The van der Waals surface area contributed by atoms with Gasteiger partial charge in [0.15, 0.2) is 0 Å². The topological polar surface area (TPSA) is 12.0 Å². The number of hydrogen-bond donors (Lipinski definition) is 1. The summed E-state index contributed by atoms with van der Waals surface area (Å²) in [6, 6.07) is 4.69. The minimum absolute atomic E-state index is 0.261. The molecule has 1 N–H and O–H groups in total. The van der Waals surface area contributed by atoms with E-state index in [9.17, 15) is 8.78 Å². The van der Waals surface area contributed by atoms with E-state index < -0.39 is 12.5 Å². The molecule has 4 heteroatoms. The molecule has 1 aromatic rings. The summed E-state index contributed by atoms with van der Waals surface area (Å²) in [5.74, 6) is 0. The van der Waals surface area contributed by atoms with Gasteiger partial charge in [-0.15, -0.1) is 0 Å². The van der Waals surface area contributed by atoms with Gasteiger partial charge >= 0.3 is 0 Å². The zero-order chi connectivity index (χ0) is 12.8. The molecule has 1 nitrogen and oxygen atoms in total. The van der Waals surface area contributed by atoms with Crippen molar-refractivity contribution < 1.29 is 8.78 Å². The molecule has 1 atom stereocenters. The Morgan fingerprint density at radius 2 is 2.06 bits per heavy atom. The number of nitrogens with one attached hydrogen (secondary N) is 1. The van der Waals surface area contributed by atoms with Crippen molar-refractivity contribution in [3.63, 3.8) is 0 Å². The average Bonchev–Trinajstić information content (AvgIpc) is 2.26. The molecule has 0 fully saturated rings. The van der Waals surface area contributed by atoms with Crippen molar-refractivity contribution in [3.05, 3.63) is 34.3 Å². The van der Waals surface area contributed by atoms with Crippen molar-refractivity contribution in [1.82, 2.24) is 5.32 Å². The Morgan fingerprint density at radius 3 is 2.59 bits per heavy atom. The van der Waals surface area contributed by atoms with Gasteiger partial charge in [0.25, 0.3) is 6.43 Å². The van der Waals surface area contributed by atoms with Gasteiger partial charge in [-0.2, -0.15) is 0 Å². The van der Waals surface area contributed by atoms with Crippen LogP contribution in [0.15, 0.2) is 18.2 Å². The number of rotatable bonds is 6. The van der Waals surface area contributed by atoms with Crippen molar-refractivity contribution >= 4 is 11.6 Å². The number of aryl methyl sites for hydroxylation is 1. The van der Waals surface area contributed by atoms with Crippen LogP contribution in [-0.2, 0) is 6.42 Å². The lowest BCUT2D eigenvalue weighted by Gasteiger charge is -2.18. The van der Waals surface area contributed by atoms with Crippen LogP contribution in [0.25, 0.3) is 0 Å². The summed E-state index contributed by atoms with van der Waals surface area (Å²) in [6.45, 7) is 4.47. The van der Waals surface area contributed by atoms with E-state index in [0.717, 1.165) is 17.5 Å². The highest BCUT2D eigenvalue weighted by Crippen LogP contribution is 2.20. The SMILES string of the molecule is CCCNC(Cc1ccc(C)cc1Cl)C(F)F. The van der Waals surface area contributed by atoms with Crippen molar-refractivity contribution in [2.75, 3.05) is 6.54 Å². The second kappa shape index (κ2) is 6.92. The molecule has 0 aliphatic heterocycles. The van der Waals surface area contributed by atoms with Crippen LogP contribution >= 0.6 is 11.6 Å². The summed E-state index contributed by atoms with van der Waals surface area (Å²) in [5, 5.41) is 3.41. The smallest absolute Gasteiger partial charge is 0.254 e. The number of alkyl halides is 2. The minimum Gasteiger partial charge on any atom is -0.309 e. The summed E-state index contributed by atoms with van der Waals surface area (Å²) in [7, 11) is 0. The van der Waals surface area contributed by atoms with Crippen LogP contribution in [0.5, 0.6) is 0 Å². The summed E-state index contributed by atoms with van der Waals surface area (Å²) in [4.78, 5) is 0. The Bertz CT molecular complexity index is 355. The molecule has 0 bridgehead atoms. The van der Waals surface area contributed by atoms with Crippen molar-refractivity contribution in [3.8, 4) is 0 Å². The van der Waals surface area contributed by atoms with E-state index in [1.807, 2.05) is 26.0 Å². The fourth-order valence-corrected chi connectivity index (χ4v) is 1.95. The zero-order valence-corrected chi connectivity index (χ0v) is 10.9. The quantitative estimate of drug-likeness (QED) is 0.821. The molecule has 17 heavy (non-hydrogen) atoms. The molecule has 1 rings (SSSR count). The molecule has 0 heterocycles. The maximum atomic E-state index is 12.8. The Labute approximate surface area is 106 Å². The highest BCUT2D eigenvalue weighted by molar-refractivity contribution is 6.31. The molecule has 0 amide bonds. The van der Waals surface area contributed by atoms with E-state index in [1.165, 1.54) is 0 Å². The fourth-order valence-electron chi connectivity index (χ4n) is 1.63. The molecule has 96 valence electrons. The molecule has 1 unspecified atom stereocenters. The largest absolute Gasteiger partial charge is 0.309 e.